The van der Waals surface area contributed by atoms with Gasteiger partial charge in [-0.3, -0.25) is 9.59 Å². The first-order valence-electron chi connectivity index (χ1n) is 15.1. The zero-order valence-electron chi connectivity index (χ0n) is 24.5. The zero-order chi connectivity index (χ0) is 30.3. The van der Waals surface area contributed by atoms with Gasteiger partial charge in [-0.2, -0.15) is 0 Å². The monoisotopic (exact) mass is 580 g/mol. The first kappa shape index (κ1) is 28.7. The Hall–Kier alpha value is -5.36. The van der Waals surface area contributed by atoms with Gasteiger partial charge in [0.25, 0.3) is 5.91 Å². The van der Waals surface area contributed by atoms with Crippen molar-refractivity contribution in [3.8, 4) is 11.1 Å². The number of piperidine rings is 1. The summed E-state index contributed by atoms with van der Waals surface area (Å²) in [5, 5.41) is 6.19. The number of nitrogen functional groups attached to an aromatic ring is 1. The average Bonchev–Trinajstić information content (AvgIpc) is 3.06. The number of para-hydroxylation sites is 1. The van der Waals surface area contributed by atoms with Crippen molar-refractivity contribution < 1.29 is 9.59 Å². The average molecular weight is 581 g/mol. The van der Waals surface area contributed by atoms with E-state index < -0.39 is 0 Å². The molecular formula is C38H36N4O2. The molecule has 1 fully saturated rings. The van der Waals surface area contributed by atoms with Crippen LogP contribution >= 0.6 is 0 Å². The van der Waals surface area contributed by atoms with Gasteiger partial charge in [-0.15, -0.1) is 0 Å². The fraction of sp³-hybridized carbons (Fsp3) is 0.158. The van der Waals surface area contributed by atoms with Crippen molar-refractivity contribution in [2.24, 2.45) is 5.92 Å². The van der Waals surface area contributed by atoms with Crippen LogP contribution in [0, 0.1) is 5.92 Å². The number of rotatable bonds is 8. The number of benzene rings is 5. The molecule has 5 aromatic rings. The van der Waals surface area contributed by atoms with E-state index in [0.717, 1.165) is 59.7 Å². The van der Waals surface area contributed by atoms with E-state index in [4.69, 9.17) is 5.73 Å². The van der Waals surface area contributed by atoms with Crippen molar-refractivity contribution in [3.63, 3.8) is 0 Å². The third-order valence-electron chi connectivity index (χ3n) is 8.35. The highest BCUT2D eigenvalue weighted by atomic mass is 16.2. The van der Waals surface area contributed by atoms with Crippen LogP contribution in [0.1, 0.15) is 34.7 Å². The molecule has 220 valence electrons. The van der Waals surface area contributed by atoms with Crippen LogP contribution in [0.2, 0.25) is 0 Å². The maximum atomic E-state index is 13.5. The molecule has 1 atom stereocenters. The fourth-order valence-corrected chi connectivity index (χ4v) is 6.12. The minimum absolute atomic E-state index is 0.0400. The van der Waals surface area contributed by atoms with Gasteiger partial charge in [-0.25, -0.2) is 0 Å². The molecule has 6 nitrogen and oxygen atoms in total. The topological polar surface area (TPSA) is 87.5 Å². The second kappa shape index (κ2) is 13.3. The van der Waals surface area contributed by atoms with E-state index in [0.29, 0.717) is 11.3 Å². The lowest BCUT2D eigenvalue weighted by Crippen LogP contribution is -2.38. The van der Waals surface area contributed by atoms with Crippen LogP contribution in [0.15, 0.2) is 133 Å². The lowest BCUT2D eigenvalue weighted by atomic mass is 9.79. The maximum Gasteiger partial charge on any atom is 0.256 e. The molecule has 44 heavy (non-hydrogen) atoms. The number of nitrogens with one attached hydrogen (secondary N) is 2. The van der Waals surface area contributed by atoms with E-state index in [2.05, 4.69) is 39.8 Å². The molecule has 0 aromatic heterocycles. The summed E-state index contributed by atoms with van der Waals surface area (Å²) >= 11 is 0. The van der Waals surface area contributed by atoms with Crippen LogP contribution in [0.3, 0.4) is 0 Å². The summed E-state index contributed by atoms with van der Waals surface area (Å²) in [7, 11) is 0. The van der Waals surface area contributed by atoms with Gasteiger partial charge in [-0.1, -0.05) is 78.9 Å². The SMILES string of the molecule is Nc1cccc(-c2ccccc2C(=O)Nc2ccc(N3CCC(C(C(=O)Nc4ccccc4)c4ccccc4)CC3)cc2)c1. The standard InChI is InChI=1S/C38H36N4O2/c39-30-13-9-12-29(26-30)34-16-7-8-17-35(34)37(43)40-32-18-20-33(21-19-32)42-24-22-28(23-25-42)36(27-10-3-1-4-11-27)38(44)41-31-14-5-2-6-15-31/h1-21,26,28,36H,22-25,39H2,(H,40,43)(H,41,44). The first-order valence-corrected chi connectivity index (χ1v) is 15.1. The van der Waals surface area contributed by atoms with E-state index in [1.165, 1.54) is 0 Å². The Kier molecular flexibility index (Phi) is 8.69. The number of nitrogens with two attached hydrogens (primary N) is 1. The molecule has 1 heterocycles. The van der Waals surface area contributed by atoms with Gasteiger partial charge in [0.05, 0.1) is 5.92 Å². The second-order valence-corrected chi connectivity index (χ2v) is 11.2. The molecule has 6 heteroatoms. The van der Waals surface area contributed by atoms with Gasteiger partial charge < -0.3 is 21.3 Å². The van der Waals surface area contributed by atoms with Crippen LogP contribution < -0.4 is 21.3 Å². The van der Waals surface area contributed by atoms with Gasteiger partial charge >= 0.3 is 0 Å². The summed E-state index contributed by atoms with van der Waals surface area (Å²) < 4.78 is 0. The van der Waals surface area contributed by atoms with Crippen molar-refractivity contribution in [3.05, 3.63) is 145 Å². The van der Waals surface area contributed by atoms with E-state index in [-0.39, 0.29) is 23.7 Å². The predicted molar refractivity (Wildman–Crippen MR) is 180 cm³/mol. The number of carbonyl (C=O) groups excluding carboxylic acids is 2. The number of hydrogen-bond acceptors (Lipinski definition) is 4. The maximum absolute atomic E-state index is 13.5. The van der Waals surface area contributed by atoms with Crippen molar-refractivity contribution in [1.29, 1.82) is 0 Å². The number of amides is 2. The first-order chi connectivity index (χ1) is 21.5. The fourth-order valence-electron chi connectivity index (χ4n) is 6.12. The molecule has 0 aliphatic carbocycles. The van der Waals surface area contributed by atoms with Crippen LogP contribution in [-0.4, -0.2) is 24.9 Å². The summed E-state index contributed by atoms with van der Waals surface area (Å²) in [4.78, 5) is 29.2. The molecule has 6 rings (SSSR count). The number of hydrogen-bond donors (Lipinski definition) is 3. The molecule has 5 aromatic carbocycles. The van der Waals surface area contributed by atoms with Crippen molar-refractivity contribution in [2.75, 3.05) is 34.4 Å². The Labute approximate surface area is 258 Å². The van der Waals surface area contributed by atoms with E-state index in [9.17, 15) is 9.59 Å². The van der Waals surface area contributed by atoms with Gasteiger partial charge in [-0.05, 0) is 90.0 Å². The number of nitrogens with zero attached hydrogens (tertiary/aromatic N) is 1. The molecular weight excluding hydrogens is 544 g/mol. The molecule has 0 saturated carbocycles. The predicted octanol–water partition coefficient (Wildman–Crippen LogP) is 7.83. The van der Waals surface area contributed by atoms with Gasteiger partial charge in [0, 0.05) is 41.4 Å². The van der Waals surface area contributed by atoms with Crippen LogP contribution in [-0.2, 0) is 4.79 Å². The summed E-state index contributed by atoms with van der Waals surface area (Å²) in [6.45, 7) is 1.71. The lowest BCUT2D eigenvalue weighted by Gasteiger charge is -2.37. The van der Waals surface area contributed by atoms with E-state index >= 15 is 0 Å². The Morgan fingerprint density at radius 1 is 0.682 bits per heavy atom. The largest absolute Gasteiger partial charge is 0.399 e. The summed E-state index contributed by atoms with van der Waals surface area (Å²) in [6.07, 6.45) is 1.81. The Bertz CT molecular complexity index is 1710. The van der Waals surface area contributed by atoms with Crippen molar-refractivity contribution in [2.45, 2.75) is 18.8 Å². The highest BCUT2D eigenvalue weighted by molar-refractivity contribution is 6.08. The summed E-state index contributed by atoms with van der Waals surface area (Å²) in [5.74, 6) is -0.113. The third kappa shape index (κ3) is 6.65. The molecule has 1 aliphatic rings. The Balaban J connectivity index is 1.11. The molecule has 1 unspecified atom stereocenters. The summed E-state index contributed by atoms with van der Waals surface area (Å²) in [5.41, 5.74) is 12.7. The highest BCUT2D eigenvalue weighted by Crippen LogP contribution is 2.35. The quantitative estimate of drug-likeness (QED) is 0.163. The molecule has 0 bridgehead atoms. The smallest absolute Gasteiger partial charge is 0.256 e. The van der Waals surface area contributed by atoms with Gasteiger partial charge in [0.15, 0.2) is 0 Å². The zero-order valence-corrected chi connectivity index (χ0v) is 24.5. The molecule has 2 amide bonds. The van der Waals surface area contributed by atoms with Crippen molar-refractivity contribution in [1.82, 2.24) is 0 Å². The second-order valence-electron chi connectivity index (χ2n) is 11.2. The Morgan fingerprint density at radius 3 is 2.02 bits per heavy atom. The van der Waals surface area contributed by atoms with Gasteiger partial charge in [0.1, 0.15) is 0 Å². The minimum atomic E-state index is -0.216. The molecule has 4 N–H and O–H groups in total. The normalized spacial score (nSPS) is 14.0. The number of anilines is 4. The van der Waals surface area contributed by atoms with Crippen LogP contribution in [0.4, 0.5) is 22.7 Å². The molecule has 0 spiro atoms. The third-order valence-corrected chi connectivity index (χ3v) is 8.35. The molecule has 1 saturated heterocycles. The van der Waals surface area contributed by atoms with Crippen molar-refractivity contribution >= 4 is 34.6 Å². The van der Waals surface area contributed by atoms with Crippen LogP contribution in [0.25, 0.3) is 11.1 Å². The number of carbonyl (C=O) groups is 2. The molecule has 1 aliphatic heterocycles. The van der Waals surface area contributed by atoms with E-state index in [1.54, 1.807) is 0 Å². The summed E-state index contributed by atoms with van der Waals surface area (Å²) in [6, 6.07) is 42.9. The highest BCUT2D eigenvalue weighted by Gasteiger charge is 2.33. The van der Waals surface area contributed by atoms with Crippen LogP contribution in [0.5, 0.6) is 0 Å². The lowest BCUT2D eigenvalue weighted by molar-refractivity contribution is -0.118. The van der Waals surface area contributed by atoms with E-state index in [1.807, 2.05) is 109 Å². The molecule has 0 radical (unpaired) electrons. The minimum Gasteiger partial charge on any atom is -0.399 e. The van der Waals surface area contributed by atoms with Gasteiger partial charge in [0.2, 0.25) is 5.91 Å². The Morgan fingerprint density at radius 2 is 1.32 bits per heavy atom.